The number of benzene rings is 2. The van der Waals surface area contributed by atoms with Gasteiger partial charge in [-0.25, -0.2) is 4.98 Å². The number of hydrogen-bond acceptors (Lipinski definition) is 9. The van der Waals surface area contributed by atoms with Gasteiger partial charge in [0.15, 0.2) is 17.9 Å². The van der Waals surface area contributed by atoms with Crippen molar-refractivity contribution in [1.29, 1.82) is 0 Å². The lowest BCUT2D eigenvalue weighted by molar-refractivity contribution is 0.0836. The monoisotopic (exact) mass is 630 g/mol. The summed E-state index contributed by atoms with van der Waals surface area (Å²) in [5.74, 6) is 2.07. The lowest BCUT2D eigenvalue weighted by Gasteiger charge is -2.32. The quantitative estimate of drug-likeness (QED) is 0.186. The number of piperidine rings is 1. The fraction of sp³-hybridized carbons (Fsp3) is 0.400. The summed E-state index contributed by atoms with van der Waals surface area (Å²) in [5.41, 5.74) is 4.12. The van der Waals surface area contributed by atoms with Crippen molar-refractivity contribution in [3.8, 4) is 11.5 Å². The summed E-state index contributed by atoms with van der Waals surface area (Å²) in [5, 5.41) is 11.4. The number of β-amino-alcohol motifs (C(OH)–C–C–N with tert-alkyl or cyclic N) is 1. The van der Waals surface area contributed by atoms with Crippen LogP contribution in [0.5, 0.6) is 11.5 Å². The Kier molecular flexibility index (Phi) is 10.4. The number of halogens is 1. The van der Waals surface area contributed by atoms with E-state index in [1.165, 1.54) is 12.0 Å². The first kappa shape index (κ1) is 31.2. The highest BCUT2D eigenvalue weighted by molar-refractivity contribution is 6.33. The minimum absolute atomic E-state index is 0.0265. The molecule has 0 bridgehead atoms. The summed E-state index contributed by atoms with van der Waals surface area (Å²) in [4.78, 5) is 25.5. The molecule has 0 amide bonds. The molecule has 0 saturated carbocycles. The molecule has 2 aliphatic rings. The van der Waals surface area contributed by atoms with Crippen LogP contribution in [-0.4, -0.2) is 69.0 Å². The molecule has 236 valence electrons. The summed E-state index contributed by atoms with van der Waals surface area (Å²) >= 11 is 6.66. The molecule has 1 atom stereocenters. The van der Waals surface area contributed by atoms with Crippen LogP contribution in [0.3, 0.4) is 0 Å². The van der Waals surface area contributed by atoms with Crippen molar-refractivity contribution in [3.63, 3.8) is 0 Å². The van der Waals surface area contributed by atoms with Crippen LogP contribution in [0.2, 0.25) is 5.02 Å². The smallest absolute Gasteiger partial charge is 0.181 e. The first-order chi connectivity index (χ1) is 22.0. The molecule has 6 rings (SSSR count). The van der Waals surface area contributed by atoms with E-state index in [1.807, 2.05) is 48.8 Å². The summed E-state index contributed by atoms with van der Waals surface area (Å²) in [6.07, 6.45) is 9.65. The van der Waals surface area contributed by atoms with E-state index in [-0.39, 0.29) is 18.5 Å². The van der Waals surface area contributed by atoms with Gasteiger partial charge >= 0.3 is 0 Å². The summed E-state index contributed by atoms with van der Waals surface area (Å²) in [6, 6.07) is 15.5. The molecule has 45 heavy (non-hydrogen) atoms. The molecule has 10 heteroatoms. The van der Waals surface area contributed by atoms with Gasteiger partial charge in [-0.05, 0) is 84.8 Å². The molecule has 1 saturated heterocycles. The van der Waals surface area contributed by atoms with Crippen LogP contribution < -0.4 is 9.47 Å². The molecule has 0 radical (unpaired) electrons. The molecule has 1 fully saturated rings. The second kappa shape index (κ2) is 15.0. The third-order valence-corrected chi connectivity index (χ3v) is 8.99. The molecule has 4 heterocycles. The van der Waals surface area contributed by atoms with Gasteiger partial charge in [0.2, 0.25) is 0 Å². The van der Waals surface area contributed by atoms with E-state index in [2.05, 4.69) is 31.9 Å². The van der Waals surface area contributed by atoms with Crippen molar-refractivity contribution in [1.82, 2.24) is 19.8 Å². The summed E-state index contributed by atoms with van der Waals surface area (Å²) in [7, 11) is 0. The largest absolute Gasteiger partial charge is 0.490 e. The average molecular weight is 631 g/mol. The molecule has 9 nitrogen and oxygen atoms in total. The van der Waals surface area contributed by atoms with Gasteiger partial charge in [-0.1, -0.05) is 17.7 Å². The summed E-state index contributed by atoms with van der Waals surface area (Å²) in [6.45, 7) is 5.15. The Morgan fingerprint density at radius 2 is 1.82 bits per heavy atom. The number of aromatic nitrogens is 2. The van der Waals surface area contributed by atoms with Gasteiger partial charge in [-0.15, -0.1) is 0 Å². The van der Waals surface area contributed by atoms with Crippen molar-refractivity contribution in [2.24, 2.45) is 0 Å². The molecule has 2 aromatic carbocycles. The minimum atomic E-state index is -0.595. The number of ether oxygens (including phenoxy) is 2. The molecule has 1 N–H and O–H groups in total. The Balaban J connectivity index is 0.909. The van der Waals surface area contributed by atoms with Gasteiger partial charge < -0.3 is 19.0 Å². The molecular weight excluding hydrogens is 592 g/mol. The molecule has 2 aliphatic heterocycles. The van der Waals surface area contributed by atoms with E-state index in [9.17, 15) is 9.90 Å². The zero-order chi connectivity index (χ0) is 31.0. The Bertz CT molecular complexity index is 1530. The van der Waals surface area contributed by atoms with Crippen LogP contribution >= 0.6 is 11.6 Å². The fourth-order valence-corrected chi connectivity index (χ4v) is 6.39. The Labute approximate surface area is 268 Å². The van der Waals surface area contributed by atoms with Gasteiger partial charge in [-0.3, -0.25) is 19.6 Å². The highest BCUT2D eigenvalue weighted by Gasteiger charge is 2.24. The molecular formula is C35H39ClN4O5. The number of carbonyl (C=O) groups is 1. The van der Waals surface area contributed by atoms with Crippen molar-refractivity contribution in [3.05, 3.63) is 107 Å². The predicted molar refractivity (Wildman–Crippen MR) is 170 cm³/mol. The van der Waals surface area contributed by atoms with Gasteiger partial charge in [0.1, 0.15) is 24.2 Å². The number of aliphatic hydroxyl groups is 1. The summed E-state index contributed by atoms with van der Waals surface area (Å²) < 4.78 is 17.3. The Morgan fingerprint density at radius 1 is 1.02 bits per heavy atom. The van der Waals surface area contributed by atoms with Crippen molar-refractivity contribution in [2.75, 3.05) is 26.2 Å². The normalized spacial score (nSPS) is 16.7. The standard InChI is InChI=1S/C35H39ClN4O5/c36-35-32-13-18-40(21-27(32)3-8-34(35)43-23-31-19-38-24-44-31)22-28(41)4-7-33(42)26-1-5-29(6-2-26)45-30-11-16-39(17-12-30)20-25-9-14-37-15-10-25/h1-3,5-6,8-10,14-15,19,24,28,30,41H,4,7,11-13,16-18,20-23H2/t28-/m0/s1. The number of hydrogen-bond donors (Lipinski definition) is 1. The zero-order valence-corrected chi connectivity index (χ0v) is 26.1. The van der Waals surface area contributed by atoms with E-state index < -0.39 is 6.10 Å². The Morgan fingerprint density at radius 3 is 2.58 bits per heavy atom. The lowest BCUT2D eigenvalue weighted by atomic mass is 9.98. The average Bonchev–Trinajstić information content (AvgIpc) is 3.59. The van der Waals surface area contributed by atoms with Gasteiger partial charge in [0, 0.05) is 63.6 Å². The third-order valence-electron chi connectivity index (χ3n) is 8.57. The molecule has 0 aliphatic carbocycles. The van der Waals surface area contributed by atoms with E-state index in [0.717, 1.165) is 62.3 Å². The maximum absolute atomic E-state index is 12.9. The SMILES string of the molecule is O=C(CC[C@H](O)CN1CCc2c(ccc(OCc3cnco3)c2Cl)C1)c1ccc(OC2CCN(Cc3ccncc3)CC2)cc1. The van der Waals surface area contributed by atoms with Gasteiger partial charge in [0.25, 0.3) is 0 Å². The second-order valence-electron chi connectivity index (χ2n) is 11.8. The van der Waals surface area contributed by atoms with E-state index in [0.29, 0.717) is 48.0 Å². The number of ketones is 1. The maximum atomic E-state index is 12.9. The van der Waals surface area contributed by atoms with E-state index in [4.69, 9.17) is 25.5 Å². The van der Waals surface area contributed by atoms with E-state index in [1.54, 1.807) is 6.20 Å². The maximum Gasteiger partial charge on any atom is 0.181 e. The number of aliphatic hydroxyl groups excluding tert-OH is 1. The molecule has 2 aromatic heterocycles. The van der Waals surface area contributed by atoms with Crippen LogP contribution in [-0.2, 0) is 26.1 Å². The second-order valence-corrected chi connectivity index (χ2v) is 12.2. The number of oxazole rings is 1. The lowest BCUT2D eigenvalue weighted by Crippen LogP contribution is -2.37. The molecule has 0 unspecified atom stereocenters. The highest BCUT2D eigenvalue weighted by atomic mass is 35.5. The van der Waals surface area contributed by atoms with Crippen LogP contribution in [0, 0.1) is 0 Å². The molecule has 4 aromatic rings. The van der Waals surface area contributed by atoms with Crippen LogP contribution in [0.1, 0.15) is 58.5 Å². The highest BCUT2D eigenvalue weighted by Crippen LogP contribution is 2.34. The van der Waals surface area contributed by atoms with Crippen LogP contribution in [0.25, 0.3) is 0 Å². The van der Waals surface area contributed by atoms with Crippen LogP contribution in [0.4, 0.5) is 0 Å². The number of nitrogens with zero attached hydrogens (tertiary/aromatic N) is 4. The number of carbonyl (C=O) groups excluding carboxylic acids is 1. The van der Waals surface area contributed by atoms with Crippen LogP contribution in [0.15, 0.2) is 77.9 Å². The third kappa shape index (κ3) is 8.49. The number of fused-ring (bicyclic) bond motifs is 1. The Hall–Kier alpha value is -3.76. The fourth-order valence-electron chi connectivity index (χ4n) is 6.05. The number of Topliss-reactive ketones (excluding diaryl/α,β-unsaturated/α-hetero) is 1. The van der Waals surface area contributed by atoms with Crippen molar-refractivity contribution < 1.29 is 23.8 Å². The van der Waals surface area contributed by atoms with Gasteiger partial charge in [-0.2, -0.15) is 0 Å². The molecule has 0 spiro atoms. The van der Waals surface area contributed by atoms with Crippen molar-refractivity contribution in [2.45, 2.75) is 64.0 Å². The zero-order valence-electron chi connectivity index (χ0n) is 25.3. The number of rotatable bonds is 13. The predicted octanol–water partition coefficient (Wildman–Crippen LogP) is 5.73. The minimum Gasteiger partial charge on any atom is -0.490 e. The first-order valence-corrected chi connectivity index (χ1v) is 16.0. The van der Waals surface area contributed by atoms with Gasteiger partial charge in [0.05, 0.1) is 17.3 Å². The first-order valence-electron chi connectivity index (χ1n) is 15.6. The van der Waals surface area contributed by atoms with E-state index >= 15 is 0 Å². The van der Waals surface area contributed by atoms with Crippen molar-refractivity contribution >= 4 is 17.4 Å². The number of pyridine rings is 1. The topological polar surface area (TPSA) is 101 Å². The number of likely N-dealkylation sites (tertiary alicyclic amines) is 1.